The standard InChI is InChI=1S/2C15H14ClNO.3C15H14FNO/c1-11-3-2-4-14(7-11)17-9-12-8-13(16)5-6-15(12)18-10-17;1-11-3-2-4-14(7-11)17-9-12-5-6-13(16)8-15(12)18-10-17;1-11-4-2-6-13(8-11)17-9-12-5-3-7-14(16)15(12)18-10-17;1-11-3-2-4-14(7-11)17-9-12-8-13(16)5-6-15(12)18-10-17;1-11-3-2-4-14(7-11)17-9-12-5-6-13(16)8-15(12)18-10-17/h5*2-8H,9-10H2,1H3. The molecule has 90 heavy (non-hydrogen) atoms. The number of ether oxygens (including phenoxy) is 5. The van der Waals surface area contributed by atoms with E-state index >= 15 is 0 Å². The van der Waals surface area contributed by atoms with Crippen LogP contribution in [0.25, 0.3) is 0 Å². The van der Waals surface area contributed by atoms with Gasteiger partial charge in [-0.05, 0) is 184 Å². The average molecular weight is 1250 g/mol. The molecule has 0 radical (unpaired) electrons. The van der Waals surface area contributed by atoms with Gasteiger partial charge >= 0.3 is 0 Å². The molecule has 15 rings (SSSR count). The number of para-hydroxylation sites is 1. The van der Waals surface area contributed by atoms with Crippen LogP contribution in [0.3, 0.4) is 0 Å². The van der Waals surface area contributed by atoms with Crippen molar-refractivity contribution in [1.82, 2.24) is 0 Å². The molecule has 0 amide bonds. The van der Waals surface area contributed by atoms with Crippen molar-refractivity contribution in [3.63, 3.8) is 0 Å². The Kier molecular flexibility index (Phi) is 19.9. The van der Waals surface area contributed by atoms with Crippen LogP contribution in [0.15, 0.2) is 212 Å². The molecule has 0 aliphatic carbocycles. The molecule has 0 unspecified atom stereocenters. The summed E-state index contributed by atoms with van der Waals surface area (Å²) in [6.45, 7) is 16.7. The lowest BCUT2D eigenvalue weighted by Gasteiger charge is -2.31. The Morgan fingerprint density at radius 2 is 0.622 bits per heavy atom. The highest BCUT2D eigenvalue weighted by atomic mass is 35.5. The average Bonchev–Trinajstić information content (AvgIpc) is 2.73. The second kappa shape index (κ2) is 28.8. The van der Waals surface area contributed by atoms with Crippen molar-refractivity contribution in [2.24, 2.45) is 0 Å². The van der Waals surface area contributed by atoms with Gasteiger partial charge in [-0.25, -0.2) is 13.2 Å². The molecule has 10 aromatic rings. The maximum atomic E-state index is 13.5. The molecule has 0 saturated heterocycles. The molecule has 5 aliphatic rings. The highest BCUT2D eigenvalue weighted by molar-refractivity contribution is 6.31. The SMILES string of the molecule is Cc1cccc(N2COc3c(F)cccc3C2)c1.Cc1cccc(N2COc3cc(Cl)ccc3C2)c1.Cc1cccc(N2COc3cc(F)ccc3C2)c1.Cc1cccc(N2COc3ccc(Cl)cc3C2)c1.Cc1cccc(N2COc3ccc(F)cc3C2)c1. The van der Waals surface area contributed by atoms with E-state index in [0.717, 1.165) is 86.2 Å². The Morgan fingerprint density at radius 1 is 0.289 bits per heavy atom. The van der Waals surface area contributed by atoms with Crippen LogP contribution in [0.4, 0.5) is 41.6 Å². The van der Waals surface area contributed by atoms with Crippen molar-refractivity contribution in [3.05, 3.63) is 295 Å². The van der Waals surface area contributed by atoms with Gasteiger partial charge < -0.3 is 48.2 Å². The Hall–Kier alpha value is -9.43. The number of anilines is 5. The fourth-order valence-corrected chi connectivity index (χ4v) is 11.3. The number of hydrogen-bond acceptors (Lipinski definition) is 10. The summed E-state index contributed by atoms with van der Waals surface area (Å²) < 4.78 is 68.1. The van der Waals surface area contributed by atoms with Crippen molar-refractivity contribution in [2.75, 3.05) is 58.2 Å². The Balaban J connectivity index is 0.000000116. The molecule has 15 heteroatoms. The summed E-state index contributed by atoms with van der Waals surface area (Å²) in [6.07, 6.45) is 0. The number of hydrogen-bond donors (Lipinski definition) is 0. The minimum atomic E-state index is -0.281. The summed E-state index contributed by atoms with van der Waals surface area (Å²) in [5.74, 6) is 2.90. The molecular weight excluding hydrogens is 1180 g/mol. The molecule has 460 valence electrons. The monoisotopic (exact) mass is 1250 g/mol. The number of fused-ring (bicyclic) bond motifs is 5. The van der Waals surface area contributed by atoms with Crippen molar-refractivity contribution in [3.8, 4) is 28.7 Å². The van der Waals surface area contributed by atoms with Gasteiger partial charge in [0.15, 0.2) is 45.2 Å². The van der Waals surface area contributed by atoms with Gasteiger partial charge in [0, 0.05) is 105 Å². The highest BCUT2D eigenvalue weighted by Gasteiger charge is 2.24. The predicted octanol–water partition coefficient (Wildman–Crippen LogP) is 18.5. The molecule has 10 aromatic carbocycles. The van der Waals surface area contributed by atoms with E-state index in [1.807, 2.05) is 72.8 Å². The van der Waals surface area contributed by atoms with Crippen LogP contribution in [0.1, 0.15) is 55.6 Å². The first-order chi connectivity index (χ1) is 43.6. The zero-order chi connectivity index (χ0) is 62.7. The number of aryl methyl sites for hydroxylation is 5. The van der Waals surface area contributed by atoms with Gasteiger partial charge in [0.1, 0.15) is 34.6 Å². The quantitative estimate of drug-likeness (QED) is 0.167. The molecule has 0 bridgehead atoms. The first kappa shape index (κ1) is 62.2. The second-order valence-corrected chi connectivity index (χ2v) is 23.7. The first-order valence-corrected chi connectivity index (χ1v) is 30.5. The van der Waals surface area contributed by atoms with E-state index in [2.05, 4.69) is 150 Å². The van der Waals surface area contributed by atoms with Crippen LogP contribution in [0.2, 0.25) is 10.0 Å². The van der Waals surface area contributed by atoms with Crippen LogP contribution in [-0.2, 0) is 32.7 Å². The third kappa shape index (κ3) is 16.1. The maximum absolute atomic E-state index is 13.5. The number of nitrogens with zero attached hydrogens (tertiary/aromatic N) is 5. The summed E-state index contributed by atoms with van der Waals surface area (Å²) in [4.78, 5) is 10.7. The molecule has 0 N–H and O–H groups in total. The lowest BCUT2D eigenvalue weighted by molar-refractivity contribution is 0.274. The van der Waals surface area contributed by atoms with Crippen molar-refractivity contribution < 1.29 is 36.9 Å². The van der Waals surface area contributed by atoms with E-state index in [0.29, 0.717) is 58.2 Å². The van der Waals surface area contributed by atoms with Gasteiger partial charge in [-0.2, -0.15) is 0 Å². The number of rotatable bonds is 5. The molecule has 5 heterocycles. The van der Waals surface area contributed by atoms with Crippen LogP contribution in [0, 0.1) is 52.1 Å². The Morgan fingerprint density at radius 3 is 1.09 bits per heavy atom. The molecule has 0 aromatic heterocycles. The van der Waals surface area contributed by atoms with E-state index in [1.54, 1.807) is 18.2 Å². The van der Waals surface area contributed by atoms with Gasteiger partial charge in [0.05, 0.1) is 0 Å². The van der Waals surface area contributed by atoms with E-state index in [-0.39, 0.29) is 17.5 Å². The lowest BCUT2D eigenvalue weighted by atomic mass is 10.1. The number of benzene rings is 10. The topological polar surface area (TPSA) is 62.3 Å². The van der Waals surface area contributed by atoms with E-state index in [1.165, 1.54) is 75.1 Å². The number of halogens is 5. The van der Waals surface area contributed by atoms with E-state index in [9.17, 15) is 13.2 Å². The normalized spacial score (nSPS) is 14.0. The summed E-state index contributed by atoms with van der Waals surface area (Å²) in [7, 11) is 0. The predicted molar refractivity (Wildman–Crippen MR) is 356 cm³/mol. The third-order valence-corrected chi connectivity index (χ3v) is 16.1. The highest BCUT2D eigenvalue weighted by Crippen LogP contribution is 2.36. The van der Waals surface area contributed by atoms with Gasteiger partial charge in [-0.1, -0.05) is 108 Å². The molecule has 5 aliphatic heterocycles. The zero-order valence-electron chi connectivity index (χ0n) is 50.9. The molecule has 0 spiro atoms. The van der Waals surface area contributed by atoms with Crippen molar-refractivity contribution in [1.29, 1.82) is 0 Å². The molecular formula is C75H70Cl2F3N5O5. The smallest absolute Gasteiger partial charge is 0.165 e. The van der Waals surface area contributed by atoms with Gasteiger partial charge in [-0.15, -0.1) is 0 Å². The van der Waals surface area contributed by atoms with Crippen molar-refractivity contribution in [2.45, 2.75) is 67.3 Å². The Bertz CT molecular complexity index is 3860. The van der Waals surface area contributed by atoms with Gasteiger partial charge in [0.2, 0.25) is 0 Å². The molecule has 0 saturated carbocycles. The fraction of sp³-hybridized carbons (Fsp3) is 0.200. The summed E-state index contributed by atoms with van der Waals surface area (Å²) in [5, 5.41) is 1.47. The fourth-order valence-electron chi connectivity index (χ4n) is 11.0. The molecule has 10 nitrogen and oxygen atoms in total. The Labute approximate surface area is 535 Å². The first-order valence-electron chi connectivity index (χ1n) is 29.8. The van der Waals surface area contributed by atoms with Crippen LogP contribution in [0.5, 0.6) is 28.7 Å². The van der Waals surface area contributed by atoms with Gasteiger partial charge in [-0.3, -0.25) is 0 Å². The third-order valence-electron chi connectivity index (χ3n) is 15.7. The zero-order valence-corrected chi connectivity index (χ0v) is 52.5. The lowest BCUT2D eigenvalue weighted by Crippen LogP contribution is -2.32. The summed E-state index contributed by atoms with van der Waals surface area (Å²) in [5.41, 5.74) is 17.0. The molecule has 0 fully saturated rings. The van der Waals surface area contributed by atoms with Crippen LogP contribution in [-0.4, -0.2) is 33.7 Å². The van der Waals surface area contributed by atoms with E-state index in [4.69, 9.17) is 46.9 Å². The summed E-state index contributed by atoms with van der Waals surface area (Å²) >= 11 is 12.0. The summed E-state index contributed by atoms with van der Waals surface area (Å²) in [6, 6.07) is 67.6. The minimum absolute atomic E-state index is 0.219. The van der Waals surface area contributed by atoms with Crippen LogP contribution >= 0.6 is 23.2 Å². The minimum Gasteiger partial charge on any atom is -0.473 e. The van der Waals surface area contributed by atoms with Crippen molar-refractivity contribution >= 4 is 51.6 Å². The van der Waals surface area contributed by atoms with Gasteiger partial charge in [0.25, 0.3) is 0 Å². The largest absolute Gasteiger partial charge is 0.473 e. The molecule has 0 atom stereocenters. The van der Waals surface area contributed by atoms with Crippen LogP contribution < -0.4 is 48.2 Å². The maximum Gasteiger partial charge on any atom is 0.165 e. The second-order valence-electron chi connectivity index (χ2n) is 22.8. The van der Waals surface area contributed by atoms with E-state index < -0.39 is 0 Å².